The van der Waals surface area contributed by atoms with E-state index in [4.69, 9.17) is 14.7 Å². The number of rotatable bonds is 7. The smallest absolute Gasteiger partial charge is 0.330 e. The Labute approximate surface area is 119 Å². The standard InChI is InChI=1S/C16H19NO3/c1-3-4-11-19-16(18)10-7-14-5-8-15(9-6-14)20-13(2)12-17/h5-10,13H,3-4,11H2,1-2H3/b10-7+. The Balaban J connectivity index is 2.48. The Hall–Kier alpha value is -2.28. The van der Waals surface area contributed by atoms with E-state index in [-0.39, 0.29) is 5.97 Å². The van der Waals surface area contributed by atoms with E-state index in [1.807, 2.05) is 25.1 Å². The lowest BCUT2D eigenvalue weighted by atomic mass is 10.2. The molecule has 0 aliphatic heterocycles. The molecular formula is C16H19NO3. The Morgan fingerprint density at radius 2 is 2.10 bits per heavy atom. The van der Waals surface area contributed by atoms with Gasteiger partial charge in [-0.15, -0.1) is 0 Å². The van der Waals surface area contributed by atoms with Gasteiger partial charge in [0.2, 0.25) is 0 Å². The number of nitrogens with zero attached hydrogens (tertiary/aromatic N) is 1. The molecule has 1 aromatic carbocycles. The largest absolute Gasteiger partial charge is 0.476 e. The summed E-state index contributed by atoms with van der Waals surface area (Å²) in [7, 11) is 0. The lowest BCUT2D eigenvalue weighted by Crippen LogP contribution is -2.07. The summed E-state index contributed by atoms with van der Waals surface area (Å²) < 4.78 is 10.3. The first-order valence-corrected chi connectivity index (χ1v) is 6.67. The first-order chi connectivity index (χ1) is 9.65. The third kappa shape index (κ3) is 6.05. The van der Waals surface area contributed by atoms with Crippen LogP contribution >= 0.6 is 0 Å². The van der Waals surface area contributed by atoms with Crippen LogP contribution in [0.3, 0.4) is 0 Å². The average molecular weight is 273 g/mol. The second kappa shape index (κ2) is 8.76. The molecule has 4 heteroatoms. The maximum absolute atomic E-state index is 11.4. The highest BCUT2D eigenvalue weighted by molar-refractivity contribution is 5.87. The zero-order valence-electron chi connectivity index (χ0n) is 11.8. The van der Waals surface area contributed by atoms with E-state index in [0.717, 1.165) is 18.4 Å². The highest BCUT2D eigenvalue weighted by Gasteiger charge is 2.01. The van der Waals surface area contributed by atoms with E-state index in [0.29, 0.717) is 12.4 Å². The van der Waals surface area contributed by atoms with Gasteiger partial charge in [-0.05, 0) is 37.1 Å². The van der Waals surface area contributed by atoms with E-state index in [2.05, 4.69) is 0 Å². The fraction of sp³-hybridized carbons (Fsp3) is 0.375. The fourth-order valence-electron chi connectivity index (χ4n) is 1.42. The van der Waals surface area contributed by atoms with Crippen molar-refractivity contribution in [2.75, 3.05) is 6.61 Å². The van der Waals surface area contributed by atoms with E-state index in [9.17, 15) is 4.79 Å². The van der Waals surface area contributed by atoms with Crippen LogP contribution in [0.1, 0.15) is 32.3 Å². The first-order valence-electron chi connectivity index (χ1n) is 6.67. The fourth-order valence-corrected chi connectivity index (χ4v) is 1.42. The normalized spacial score (nSPS) is 11.8. The monoisotopic (exact) mass is 273 g/mol. The van der Waals surface area contributed by atoms with Crippen molar-refractivity contribution in [3.8, 4) is 11.8 Å². The third-order valence-electron chi connectivity index (χ3n) is 2.53. The van der Waals surface area contributed by atoms with Crippen molar-refractivity contribution in [2.24, 2.45) is 0 Å². The van der Waals surface area contributed by atoms with Crippen molar-refractivity contribution in [2.45, 2.75) is 32.8 Å². The predicted molar refractivity (Wildman–Crippen MR) is 77.0 cm³/mol. The van der Waals surface area contributed by atoms with Gasteiger partial charge in [0, 0.05) is 6.08 Å². The van der Waals surface area contributed by atoms with Crippen LogP contribution in [0.2, 0.25) is 0 Å². The molecule has 0 N–H and O–H groups in total. The maximum atomic E-state index is 11.4. The van der Waals surface area contributed by atoms with Gasteiger partial charge in [-0.1, -0.05) is 25.5 Å². The minimum Gasteiger partial charge on any atom is -0.476 e. The average Bonchev–Trinajstić information content (AvgIpc) is 2.46. The Kier molecular flexibility index (Phi) is 6.91. The van der Waals surface area contributed by atoms with E-state index in [1.165, 1.54) is 6.08 Å². The number of hydrogen-bond donors (Lipinski definition) is 0. The van der Waals surface area contributed by atoms with Crippen molar-refractivity contribution in [3.05, 3.63) is 35.9 Å². The molecule has 20 heavy (non-hydrogen) atoms. The topological polar surface area (TPSA) is 59.3 Å². The molecule has 0 heterocycles. The van der Waals surface area contributed by atoms with Gasteiger partial charge in [0.05, 0.1) is 6.61 Å². The van der Waals surface area contributed by atoms with Crippen LogP contribution in [0.25, 0.3) is 6.08 Å². The summed E-state index contributed by atoms with van der Waals surface area (Å²) in [5, 5.41) is 8.65. The molecule has 0 aliphatic rings. The molecule has 0 spiro atoms. The van der Waals surface area contributed by atoms with Crippen LogP contribution in [0.15, 0.2) is 30.3 Å². The Morgan fingerprint density at radius 3 is 2.70 bits per heavy atom. The van der Waals surface area contributed by atoms with Crippen LogP contribution in [0, 0.1) is 11.3 Å². The quantitative estimate of drug-likeness (QED) is 0.434. The van der Waals surface area contributed by atoms with Gasteiger partial charge >= 0.3 is 5.97 Å². The van der Waals surface area contributed by atoms with E-state index >= 15 is 0 Å². The van der Waals surface area contributed by atoms with Crippen LogP contribution in [-0.4, -0.2) is 18.7 Å². The predicted octanol–water partition coefficient (Wildman–Crippen LogP) is 3.33. The van der Waals surface area contributed by atoms with Gasteiger partial charge < -0.3 is 9.47 Å². The zero-order chi connectivity index (χ0) is 14.8. The van der Waals surface area contributed by atoms with Gasteiger partial charge in [-0.25, -0.2) is 4.79 Å². The van der Waals surface area contributed by atoms with Crippen LogP contribution in [0.4, 0.5) is 0 Å². The summed E-state index contributed by atoms with van der Waals surface area (Å²) in [4.78, 5) is 11.4. The maximum Gasteiger partial charge on any atom is 0.330 e. The molecule has 0 saturated carbocycles. The molecule has 0 bridgehead atoms. The highest BCUT2D eigenvalue weighted by atomic mass is 16.5. The molecule has 0 aromatic heterocycles. The second-order valence-corrected chi connectivity index (χ2v) is 4.31. The number of carbonyl (C=O) groups is 1. The number of nitriles is 1. The number of ether oxygens (including phenoxy) is 2. The molecule has 4 nitrogen and oxygen atoms in total. The third-order valence-corrected chi connectivity index (χ3v) is 2.53. The van der Waals surface area contributed by atoms with E-state index < -0.39 is 6.10 Å². The summed E-state index contributed by atoms with van der Waals surface area (Å²) in [5.74, 6) is 0.290. The SMILES string of the molecule is CCCCOC(=O)/C=C/c1ccc(OC(C)C#N)cc1. The molecule has 1 rings (SSSR count). The molecule has 0 amide bonds. The van der Waals surface area contributed by atoms with Crippen molar-refractivity contribution < 1.29 is 14.3 Å². The highest BCUT2D eigenvalue weighted by Crippen LogP contribution is 2.14. The molecule has 1 atom stereocenters. The minimum atomic E-state index is -0.482. The molecule has 0 fully saturated rings. The van der Waals surface area contributed by atoms with Crippen LogP contribution < -0.4 is 4.74 Å². The summed E-state index contributed by atoms with van der Waals surface area (Å²) >= 11 is 0. The Bertz CT molecular complexity index is 485. The van der Waals surface area contributed by atoms with Gasteiger partial charge in [0.15, 0.2) is 6.10 Å². The number of hydrogen-bond acceptors (Lipinski definition) is 4. The van der Waals surface area contributed by atoms with Crippen molar-refractivity contribution in [3.63, 3.8) is 0 Å². The molecule has 106 valence electrons. The molecule has 1 unspecified atom stereocenters. The van der Waals surface area contributed by atoms with E-state index in [1.54, 1.807) is 25.1 Å². The zero-order valence-corrected chi connectivity index (χ0v) is 11.8. The van der Waals surface area contributed by atoms with Crippen molar-refractivity contribution >= 4 is 12.0 Å². The molecule has 1 aromatic rings. The molecule has 0 radical (unpaired) electrons. The van der Waals surface area contributed by atoms with Gasteiger partial charge in [0.25, 0.3) is 0 Å². The van der Waals surface area contributed by atoms with Crippen LogP contribution in [-0.2, 0) is 9.53 Å². The minimum absolute atomic E-state index is 0.336. The number of unbranched alkanes of at least 4 members (excludes halogenated alkanes) is 1. The van der Waals surface area contributed by atoms with Crippen molar-refractivity contribution in [1.82, 2.24) is 0 Å². The molecule has 0 aliphatic carbocycles. The summed E-state index contributed by atoms with van der Waals surface area (Å²) in [5.41, 5.74) is 0.870. The van der Waals surface area contributed by atoms with Crippen LogP contribution in [0.5, 0.6) is 5.75 Å². The molecule has 0 saturated heterocycles. The van der Waals surface area contributed by atoms with Gasteiger partial charge in [0.1, 0.15) is 11.8 Å². The molecular weight excluding hydrogens is 254 g/mol. The number of benzene rings is 1. The number of esters is 1. The summed E-state index contributed by atoms with van der Waals surface area (Å²) in [6.07, 6.45) is 4.49. The van der Waals surface area contributed by atoms with Crippen molar-refractivity contribution in [1.29, 1.82) is 5.26 Å². The summed E-state index contributed by atoms with van der Waals surface area (Å²) in [6.45, 7) is 4.18. The lowest BCUT2D eigenvalue weighted by molar-refractivity contribution is -0.137. The first kappa shape index (κ1) is 15.8. The Morgan fingerprint density at radius 1 is 1.40 bits per heavy atom. The summed E-state index contributed by atoms with van der Waals surface area (Å²) in [6, 6.07) is 9.14. The van der Waals surface area contributed by atoms with Gasteiger partial charge in [-0.2, -0.15) is 5.26 Å². The number of carbonyl (C=O) groups excluding carboxylic acids is 1. The lowest BCUT2D eigenvalue weighted by Gasteiger charge is -2.07. The van der Waals surface area contributed by atoms with Gasteiger partial charge in [-0.3, -0.25) is 0 Å². The second-order valence-electron chi connectivity index (χ2n) is 4.31.